The predicted octanol–water partition coefficient (Wildman–Crippen LogP) is 2.72. The van der Waals surface area contributed by atoms with E-state index < -0.39 is 0 Å². The van der Waals surface area contributed by atoms with Gasteiger partial charge in [0.1, 0.15) is 0 Å². The Kier molecular flexibility index (Phi) is 7.51. The molecule has 1 saturated heterocycles. The third-order valence-corrected chi connectivity index (χ3v) is 4.82. The van der Waals surface area contributed by atoms with Gasteiger partial charge in [0.15, 0.2) is 0 Å². The maximum absolute atomic E-state index is 12.2. The van der Waals surface area contributed by atoms with Crippen LogP contribution in [0.2, 0.25) is 0 Å². The lowest BCUT2D eigenvalue weighted by Crippen LogP contribution is -2.47. The molecule has 2 aliphatic rings. The number of morpholine rings is 1. The zero-order chi connectivity index (χ0) is 14.9. The zero-order valence-corrected chi connectivity index (χ0v) is 13.6. The third-order valence-electron chi connectivity index (χ3n) is 4.82. The average Bonchev–Trinajstić information content (AvgIpc) is 2.75. The van der Waals surface area contributed by atoms with E-state index in [9.17, 15) is 4.79 Å². The van der Waals surface area contributed by atoms with Crippen LogP contribution in [-0.4, -0.2) is 49.2 Å². The van der Waals surface area contributed by atoms with Crippen LogP contribution in [0.4, 0.5) is 0 Å². The molecule has 0 radical (unpaired) electrons. The van der Waals surface area contributed by atoms with Crippen molar-refractivity contribution >= 4 is 5.91 Å². The SMILES string of the molecule is CCC[C@@H]1COCCN1CCC(=O)NC1CCCCCC1. The molecule has 0 spiro atoms. The van der Waals surface area contributed by atoms with Gasteiger partial charge in [-0.25, -0.2) is 0 Å². The Bertz CT molecular complexity index is 299. The molecule has 0 aromatic rings. The molecule has 1 aliphatic carbocycles. The molecule has 2 rings (SSSR count). The van der Waals surface area contributed by atoms with Crippen LogP contribution in [0.15, 0.2) is 0 Å². The molecule has 0 bridgehead atoms. The maximum Gasteiger partial charge on any atom is 0.221 e. The monoisotopic (exact) mass is 296 g/mol. The second-order valence-corrected chi connectivity index (χ2v) is 6.56. The van der Waals surface area contributed by atoms with E-state index in [4.69, 9.17) is 4.74 Å². The van der Waals surface area contributed by atoms with E-state index in [2.05, 4.69) is 17.1 Å². The molecular weight excluding hydrogens is 264 g/mol. The van der Waals surface area contributed by atoms with E-state index in [1.807, 2.05) is 0 Å². The molecule has 0 unspecified atom stereocenters. The quantitative estimate of drug-likeness (QED) is 0.766. The van der Waals surface area contributed by atoms with Gasteiger partial charge in [0, 0.05) is 31.6 Å². The summed E-state index contributed by atoms with van der Waals surface area (Å²) < 4.78 is 5.56. The van der Waals surface area contributed by atoms with Crippen LogP contribution in [0.25, 0.3) is 0 Å². The topological polar surface area (TPSA) is 41.6 Å². The number of hydrogen-bond donors (Lipinski definition) is 1. The number of hydrogen-bond acceptors (Lipinski definition) is 3. The van der Waals surface area contributed by atoms with Gasteiger partial charge in [-0.3, -0.25) is 9.69 Å². The fourth-order valence-corrected chi connectivity index (χ4v) is 3.55. The molecule has 2 fully saturated rings. The maximum atomic E-state index is 12.2. The van der Waals surface area contributed by atoms with Gasteiger partial charge < -0.3 is 10.1 Å². The van der Waals surface area contributed by atoms with Crippen molar-refractivity contribution in [3.05, 3.63) is 0 Å². The van der Waals surface area contributed by atoms with E-state index in [0.717, 1.165) is 26.3 Å². The van der Waals surface area contributed by atoms with Gasteiger partial charge in [0.2, 0.25) is 5.91 Å². The van der Waals surface area contributed by atoms with Crippen molar-refractivity contribution in [1.82, 2.24) is 10.2 Å². The predicted molar refractivity (Wildman–Crippen MR) is 85.3 cm³/mol. The largest absolute Gasteiger partial charge is 0.378 e. The standard InChI is InChI=1S/C17H32N2O2/c1-2-7-16-14-21-13-12-19(16)11-10-17(20)18-15-8-5-3-4-6-9-15/h15-16H,2-14H2,1H3,(H,18,20)/t16-/m1/s1. The molecule has 1 atom stereocenters. The summed E-state index contributed by atoms with van der Waals surface area (Å²) in [4.78, 5) is 14.6. The fraction of sp³-hybridized carbons (Fsp3) is 0.941. The molecule has 1 heterocycles. The van der Waals surface area contributed by atoms with Crippen LogP contribution >= 0.6 is 0 Å². The first-order valence-electron chi connectivity index (χ1n) is 8.90. The van der Waals surface area contributed by atoms with Crippen LogP contribution in [0.5, 0.6) is 0 Å². The average molecular weight is 296 g/mol. The Labute approximate surface area is 129 Å². The van der Waals surface area contributed by atoms with Crippen LogP contribution in [0.1, 0.15) is 64.7 Å². The molecule has 0 aromatic carbocycles. The Morgan fingerprint density at radius 2 is 2.00 bits per heavy atom. The van der Waals surface area contributed by atoms with Crippen LogP contribution in [0.3, 0.4) is 0 Å². The summed E-state index contributed by atoms with van der Waals surface area (Å²) in [5.74, 6) is 0.239. The van der Waals surface area contributed by atoms with Crippen molar-refractivity contribution < 1.29 is 9.53 Å². The summed E-state index contributed by atoms with van der Waals surface area (Å²) in [7, 11) is 0. The molecule has 4 heteroatoms. The first kappa shape index (κ1) is 16.8. The third kappa shape index (κ3) is 5.95. The molecule has 1 aliphatic heterocycles. The van der Waals surface area contributed by atoms with Crippen molar-refractivity contribution in [1.29, 1.82) is 0 Å². The Morgan fingerprint density at radius 3 is 2.71 bits per heavy atom. The van der Waals surface area contributed by atoms with Gasteiger partial charge in [-0.15, -0.1) is 0 Å². The van der Waals surface area contributed by atoms with Crippen molar-refractivity contribution in [3.8, 4) is 0 Å². The molecule has 0 aromatic heterocycles. The van der Waals surface area contributed by atoms with Crippen LogP contribution in [0, 0.1) is 0 Å². The highest BCUT2D eigenvalue weighted by Gasteiger charge is 2.23. The number of nitrogens with one attached hydrogen (secondary N) is 1. The molecule has 1 amide bonds. The summed E-state index contributed by atoms with van der Waals surface area (Å²) in [6.07, 6.45) is 10.5. The zero-order valence-electron chi connectivity index (χ0n) is 13.6. The molecule has 21 heavy (non-hydrogen) atoms. The highest BCUT2D eigenvalue weighted by atomic mass is 16.5. The number of carbonyl (C=O) groups is 1. The van der Waals surface area contributed by atoms with Crippen molar-refractivity contribution in [2.75, 3.05) is 26.3 Å². The summed E-state index contributed by atoms with van der Waals surface area (Å²) >= 11 is 0. The fourth-order valence-electron chi connectivity index (χ4n) is 3.55. The first-order chi connectivity index (χ1) is 10.3. The van der Waals surface area contributed by atoms with Gasteiger partial charge in [0.25, 0.3) is 0 Å². The number of nitrogens with zero attached hydrogens (tertiary/aromatic N) is 1. The van der Waals surface area contributed by atoms with Gasteiger partial charge in [-0.1, -0.05) is 39.0 Å². The highest BCUT2D eigenvalue weighted by molar-refractivity contribution is 5.76. The van der Waals surface area contributed by atoms with Crippen molar-refractivity contribution in [2.24, 2.45) is 0 Å². The molecule has 122 valence electrons. The summed E-state index contributed by atoms with van der Waals surface area (Å²) in [6, 6.07) is 0.936. The van der Waals surface area contributed by atoms with E-state index in [1.54, 1.807) is 0 Å². The first-order valence-corrected chi connectivity index (χ1v) is 8.90. The number of rotatable bonds is 6. The molecule has 1 N–H and O–H groups in total. The van der Waals surface area contributed by atoms with E-state index in [1.165, 1.54) is 51.4 Å². The molecular formula is C17H32N2O2. The lowest BCUT2D eigenvalue weighted by molar-refractivity contribution is -0.122. The van der Waals surface area contributed by atoms with Crippen LogP contribution in [-0.2, 0) is 9.53 Å². The van der Waals surface area contributed by atoms with Gasteiger partial charge in [-0.05, 0) is 19.3 Å². The Hall–Kier alpha value is -0.610. The van der Waals surface area contributed by atoms with Gasteiger partial charge in [-0.2, -0.15) is 0 Å². The summed E-state index contributed by atoms with van der Waals surface area (Å²) in [6.45, 7) is 5.71. The van der Waals surface area contributed by atoms with E-state index in [-0.39, 0.29) is 5.91 Å². The highest BCUT2D eigenvalue weighted by Crippen LogP contribution is 2.17. The summed E-state index contributed by atoms with van der Waals surface area (Å²) in [5.41, 5.74) is 0. The van der Waals surface area contributed by atoms with Crippen molar-refractivity contribution in [3.63, 3.8) is 0 Å². The minimum Gasteiger partial charge on any atom is -0.378 e. The van der Waals surface area contributed by atoms with Gasteiger partial charge >= 0.3 is 0 Å². The minimum absolute atomic E-state index is 0.239. The lowest BCUT2D eigenvalue weighted by Gasteiger charge is -2.35. The van der Waals surface area contributed by atoms with Gasteiger partial charge in [0.05, 0.1) is 13.2 Å². The second-order valence-electron chi connectivity index (χ2n) is 6.56. The molecule has 4 nitrogen and oxygen atoms in total. The Balaban J connectivity index is 1.69. The number of amides is 1. The second kappa shape index (κ2) is 9.42. The minimum atomic E-state index is 0.239. The van der Waals surface area contributed by atoms with Crippen LogP contribution < -0.4 is 5.32 Å². The van der Waals surface area contributed by atoms with E-state index in [0.29, 0.717) is 18.5 Å². The molecule has 1 saturated carbocycles. The lowest BCUT2D eigenvalue weighted by atomic mass is 10.1. The smallest absolute Gasteiger partial charge is 0.221 e. The normalized spacial score (nSPS) is 25.5. The van der Waals surface area contributed by atoms with E-state index >= 15 is 0 Å². The summed E-state index contributed by atoms with van der Waals surface area (Å²) in [5, 5.41) is 3.25. The Morgan fingerprint density at radius 1 is 1.24 bits per heavy atom. The number of ether oxygens (including phenoxy) is 1. The van der Waals surface area contributed by atoms with Crippen molar-refractivity contribution in [2.45, 2.75) is 76.8 Å². The number of carbonyl (C=O) groups excluding carboxylic acids is 1.